The summed E-state index contributed by atoms with van der Waals surface area (Å²) in [4.78, 5) is 12.0. The number of alkyl halides is 3. The van der Waals surface area contributed by atoms with Crippen LogP contribution in [-0.2, 0) is 11.8 Å². The van der Waals surface area contributed by atoms with Gasteiger partial charge < -0.3 is 9.72 Å². The van der Waals surface area contributed by atoms with E-state index in [4.69, 9.17) is 16.3 Å². The number of hydrogen-bond acceptors (Lipinski definition) is 3. The van der Waals surface area contributed by atoms with Crippen LogP contribution in [0.25, 0.3) is 22.6 Å². The molecule has 1 N–H and O–H groups in total. The minimum Gasteiger partial charge on any atom is -0.481 e. The average Bonchev–Trinajstić information content (AvgIpc) is 3.23. The zero-order valence-corrected chi connectivity index (χ0v) is 19.1. The second-order valence-corrected chi connectivity index (χ2v) is 8.78. The Hall–Kier alpha value is -3.83. The predicted molar refractivity (Wildman–Crippen MR) is 123 cm³/mol. The topological polar surface area (TPSA) is 50.8 Å². The summed E-state index contributed by atoms with van der Waals surface area (Å²) in [6, 6.07) is 11.0. The predicted octanol–water partition coefficient (Wildman–Crippen LogP) is 6.98. The van der Waals surface area contributed by atoms with Crippen LogP contribution in [-0.4, -0.2) is 15.0 Å². The highest BCUT2D eigenvalue weighted by atomic mass is 35.5. The molecule has 0 amide bonds. The Kier molecular flexibility index (Phi) is 5.33. The largest absolute Gasteiger partial charge is 0.481 e. The molecule has 9 heteroatoms. The van der Waals surface area contributed by atoms with Crippen molar-refractivity contribution >= 4 is 11.6 Å². The standard InChI is InChI=1S/C26H16ClF4N3O/c1-25(2)23-22(33-24(34-23)21-18(27)8-5-9-19(21)28)16-13-32-15(12-20(16)35-25)11-10-14-6-3-4-7-17(14)26(29,30)31/h3-9,12-13H,1-2H3,(H,33,34). The van der Waals surface area contributed by atoms with Crippen molar-refractivity contribution in [3.63, 3.8) is 0 Å². The molecule has 4 nitrogen and oxygen atoms in total. The molecule has 0 atom stereocenters. The van der Waals surface area contributed by atoms with Gasteiger partial charge in [0, 0.05) is 17.8 Å². The number of halogens is 5. The summed E-state index contributed by atoms with van der Waals surface area (Å²) in [6.07, 6.45) is -3.02. The van der Waals surface area contributed by atoms with Gasteiger partial charge >= 0.3 is 6.18 Å². The highest BCUT2D eigenvalue weighted by molar-refractivity contribution is 6.33. The molecule has 1 aliphatic rings. The lowest BCUT2D eigenvalue weighted by Gasteiger charge is -2.31. The van der Waals surface area contributed by atoms with Crippen LogP contribution in [0, 0.1) is 17.7 Å². The van der Waals surface area contributed by atoms with Crippen LogP contribution in [0.1, 0.15) is 36.4 Å². The Morgan fingerprint density at radius 1 is 1.06 bits per heavy atom. The highest BCUT2D eigenvalue weighted by Gasteiger charge is 2.37. The summed E-state index contributed by atoms with van der Waals surface area (Å²) >= 11 is 6.22. The van der Waals surface area contributed by atoms with Gasteiger partial charge in [-0.1, -0.05) is 35.7 Å². The Labute approximate surface area is 203 Å². The van der Waals surface area contributed by atoms with Crippen LogP contribution >= 0.6 is 11.6 Å². The summed E-state index contributed by atoms with van der Waals surface area (Å²) < 4.78 is 60.4. The van der Waals surface area contributed by atoms with E-state index >= 15 is 0 Å². The first kappa shape index (κ1) is 22.9. The van der Waals surface area contributed by atoms with Crippen molar-refractivity contribution in [1.82, 2.24) is 15.0 Å². The molecule has 35 heavy (non-hydrogen) atoms. The molecule has 2 aromatic heterocycles. The zero-order valence-electron chi connectivity index (χ0n) is 18.4. The highest BCUT2D eigenvalue weighted by Crippen LogP contribution is 2.45. The maximum Gasteiger partial charge on any atom is 0.417 e. The van der Waals surface area contributed by atoms with E-state index in [0.717, 1.165) is 6.07 Å². The number of aromatic nitrogens is 3. The quantitative estimate of drug-likeness (QED) is 0.228. The van der Waals surface area contributed by atoms with Crippen molar-refractivity contribution in [1.29, 1.82) is 0 Å². The normalized spacial score (nSPS) is 13.8. The molecule has 1 aliphatic heterocycles. The summed E-state index contributed by atoms with van der Waals surface area (Å²) in [7, 11) is 0. The summed E-state index contributed by atoms with van der Waals surface area (Å²) in [6.45, 7) is 3.60. The third kappa shape index (κ3) is 4.13. The number of ether oxygens (including phenoxy) is 1. The fourth-order valence-electron chi connectivity index (χ4n) is 3.92. The number of nitrogens with one attached hydrogen (secondary N) is 1. The third-order valence-electron chi connectivity index (χ3n) is 5.53. The SMILES string of the molecule is CC1(C)Oc2cc(C#Cc3ccccc3C(F)(F)F)ncc2-c2[nH]c(-c3c(F)cccc3Cl)nc21. The Morgan fingerprint density at radius 3 is 2.57 bits per heavy atom. The monoisotopic (exact) mass is 497 g/mol. The van der Waals surface area contributed by atoms with Gasteiger partial charge in [-0.2, -0.15) is 13.2 Å². The van der Waals surface area contributed by atoms with E-state index in [1.54, 1.807) is 26.0 Å². The van der Waals surface area contributed by atoms with E-state index in [-0.39, 0.29) is 27.7 Å². The molecule has 0 spiro atoms. The van der Waals surface area contributed by atoms with E-state index in [0.29, 0.717) is 22.7 Å². The molecule has 5 rings (SSSR count). The summed E-state index contributed by atoms with van der Waals surface area (Å²) in [5, 5.41) is 0.206. The van der Waals surface area contributed by atoms with Crippen molar-refractivity contribution in [2.45, 2.75) is 25.6 Å². The third-order valence-corrected chi connectivity index (χ3v) is 5.85. The number of fused-ring (bicyclic) bond motifs is 3. The molecule has 4 aromatic rings. The van der Waals surface area contributed by atoms with Crippen LogP contribution < -0.4 is 4.74 Å². The fraction of sp³-hybridized carbons (Fsp3) is 0.154. The van der Waals surface area contributed by atoms with Gasteiger partial charge in [0.2, 0.25) is 0 Å². The van der Waals surface area contributed by atoms with Gasteiger partial charge in [0.25, 0.3) is 0 Å². The van der Waals surface area contributed by atoms with Crippen LogP contribution in [0.15, 0.2) is 54.7 Å². The second kappa shape index (κ2) is 8.14. The van der Waals surface area contributed by atoms with Crippen molar-refractivity contribution < 1.29 is 22.3 Å². The Morgan fingerprint density at radius 2 is 1.83 bits per heavy atom. The molecule has 0 unspecified atom stereocenters. The van der Waals surface area contributed by atoms with Gasteiger partial charge in [-0.05, 0) is 44.0 Å². The van der Waals surface area contributed by atoms with E-state index in [1.807, 2.05) is 0 Å². The van der Waals surface area contributed by atoms with Crippen molar-refractivity contribution in [2.75, 3.05) is 0 Å². The van der Waals surface area contributed by atoms with Gasteiger partial charge in [-0.25, -0.2) is 14.4 Å². The lowest BCUT2D eigenvalue weighted by Crippen LogP contribution is -2.29. The molecule has 0 radical (unpaired) electrons. The first-order valence-electron chi connectivity index (χ1n) is 10.5. The van der Waals surface area contributed by atoms with Gasteiger partial charge in [0.15, 0.2) is 0 Å². The molecular weight excluding hydrogens is 482 g/mol. The van der Waals surface area contributed by atoms with Crippen molar-refractivity contribution in [3.05, 3.63) is 88.1 Å². The maximum absolute atomic E-state index is 14.5. The second-order valence-electron chi connectivity index (χ2n) is 8.38. The summed E-state index contributed by atoms with van der Waals surface area (Å²) in [5.41, 5.74) is 0.193. The van der Waals surface area contributed by atoms with Gasteiger partial charge in [-0.3, -0.25) is 0 Å². The van der Waals surface area contributed by atoms with Crippen LogP contribution in [0.4, 0.5) is 17.6 Å². The smallest absolute Gasteiger partial charge is 0.417 e. The maximum atomic E-state index is 14.5. The molecular formula is C26H16ClF4N3O. The Balaban J connectivity index is 1.57. The summed E-state index contributed by atoms with van der Waals surface area (Å²) in [5.74, 6) is 5.38. The lowest BCUT2D eigenvalue weighted by atomic mass is 9.96. The van der Waals surface area contributed by atoms with Gasteiger partial charge in [-0.15, -0.1) is 0 Å². The van der Waals surface area contributed by atoms with Crippen LogP contribution in [0.5, 0.6) is 5.75 Å². The molecule has 176 valence electrons. The molecule has 0 aliphatic carbocycles. The Bertz CT molecular complexity index is 1510. The molecule has 3 heterocycles. The number of aromatic amines is 1. The molecule has 0 fully saturated rings. The molecule has 0 saturated carbocycles. The minimum absolute atomic E-state index is 0.139. The number of H-pyrrole nitrogens is 1. The first-order valence-corrected chi connectivity index (χ1v) is 10.8. The zero-order chi connectivity index (χ0) is 25.0. The fourth-order valence-corrected chi connectivity index (χ4v) is 4.17. The van der Waals surface area contributed by atoms with Crippen LogP contribution in [0.3, 0.4) is 0 Å². The number of nitrogens with zero attached hydrogens (tertiary/aromatic N) is 2. The van der Waals surface area contributed by atoms with E-state index in [9.17, 15) is 17.6 Å². The van der Waals surface area contributed by atoms with E-state index in [2.05, 4.69) is 26.8 Å². The van der Waals surface area contributed by atoms with Gasteiger partial charge in [0.1, 0.15) is 34.4 Å². The number of pyridine rings is 1. The van der Waals surface area contributed by atoms with Crippen molar-refractivity contribution in [3.8, 4) is 40.2 Å². The van der Waals surface area contributed by atoms with Crippen molar-refractivity contribution in [2.24, 2.45) is 0 Å². The van der Waals surface area contributed by atoms with E-state index < -0.39 is 23.2 Å². The number of hydrogen-bond donors (Lipinski definition) is 1. The number of benzene rings is 2. The molecule has 0 saturated heterocycles. The van der Waals surface area contributed by atoms with Crippen LogP contribution in [0.2, 0.25) is 5.02 Å². The number of rotatable bonds is 1. The minimum atomic E-state index is -4.52. The van der Waals surface area contributed by atoms with E-state index in [1.165, 1.54) is 36.5 Å². The molecule has 0 bridgehead atoms. The average molecular weight is 498 g/mol. The number of imidazole rings is 1. The van der Waals surface area contributed by atoms with Gasteiger partial charge in [0.05, 0.1) is 27.4 Å². The molecule has 2 aromatic carbocycles. The lowest BCUT2D eigenvalue weighted by molar-refractivity contribution is -0.137. The first-order chi connectivity index (χ1) is 16.5.